The second-order valence-electron chi connectivity index (χ2n) is 6.87. The van der Waals surface area contributed by atoms with Crippen molar-refractivity contribution in [3.8, 4) is 0 Å². The standard InChI is InChI=1S/C17H21N3O3S/c18-17(8-2-9-17)16-19-15(23-20-16)7-10-24(21,22)14-6-5-12-3-1-4-13(12)11-14/h5-6,11H,1-4,7-10,18H2. The number of benzene rings is 1. The van der Waals surface area contributed by atoms with Gasteiger partial charge in [0, 0.05) is 6.42 Å². The molecular weight excluding hydrogens is 326 g/mol. The fraction of sp³-hybridized carbons (Fsp3) is 0.529. The second kappa shape index (κ2) is 5.67. The molecule has 0 bridgehead atoms. The Morgan fingerprint density at radius 1 is 1.17 bits per heavy atom. The third kappa shape index (κ3) is 2.75. The van der Waals surface area contributed by atoms with Crippen LogP contribution in [0.4, 0.5) is 0 Å². The Morgan fingerprint density at radius 3 is 2.71 bits per heavy atom. The maximum atomic E-state index is 12.6. The molecule has 2 N–H and O–H groups in total. The van der Waals surface area contributed by atoms with Gasteiger partial charge in [-0.3, -0.25) is 0 Å². The van der Waals surface area contributed by atoms with E-state index in [9.17, 15) is 8.42 Å². The number of fused-ring (bicyclic) bond motifs is 1. The van der Waals surface area contributed by atoms with Crippen LogP contribution in [0.3, 0.4) is 0 Å². The minimum Gasteiger partial charge on any atom is -0.339 e. The zero-order chi connectivity index (χ0) is 16.8. The Hall–Kier alpha value is -1.73. The Balaban J connectivity index is 1.47. The van der Waals surface area contributed by atoms with Crippen molar-refractivity contribution in [3.63, 3.8) is 0 Å². The van der Waals surface area contributed by atoms with Crippen molar-refractivity contribution in [2.24, 2.45) is 5.73 Å². The number of sulfone groups is 1. The predicted octanol–water partition coefficient (Wildman–Crippen LogP) is 1.91. The van der Waals surface area contributed by atoms with Crippen LogP contribution in [-0.2, 0) is 34.6 Å². The van der Waals surface area contributed by atoms with Gasteiger partial charge in [-0.25, -0.2) is 8.42 Å². The molecule has 1 saturated carbocycles. The van der Waals surface area contributed by atoms with Gasteiger partial charge in [-0.2, -0.15) is 4.98 Å². The Bertz CT molecular complexity index is 869. The van der Waals surface area contributed by atoms with Crippen molar-refractivity contribution in [2.75, 3.05) is 5.75 Å². The van der Waals surface area contributed by atoms with Gasteiger partial charge in [0.15, 0.2) is 15.7 Å². The summed E-state index contributed by atoms with van der Waals surface area (Å²) in [4.78, 5) is 4.68. The molecule has 24 heavy (non-hydrogen) atoms. The van der Waals surface area contributed by atoms with E-state index in [2.05, 4.69) is 10.1 Å². The van der Waals surface area contributed by atoms with E-state index in [1.165, 1.54) is 5.56 Å². The molecule has 1 aromatic heterocycles. The molecule has 2 aliphatic rings. The number of nitrogens with two attached hydrogens (primary N) is 1. The van der Waals surface area contributed by atoms with Crippen molar-refractivity contribution in [1.29, 1.82) is 0 Å². The summed E-state index contributed by atoms with van der Waals surface area (Å²) in [6.07, 6.45) is 6.07. The van der Waals surface area contributed by atoms with E-state index in [1.807, 2.05) is 12.1 Å². The molecule has 1 fully saturated rings. The molecule has 2 aliphatic carbocycles. The highest BCUT2D eigenvalue weighted by atomic mass is 32.2. The molecule has 1 aromatic carbocycles. The summed E-state index contributed by atoms with van der Waals surface area (Å²) in [5.74, 6) is 0.801. The minimum atomic E-state index is -3.36. The van der Waals surface area contributed by atoms with Crippen LogP contribution in [0.5, 0.6) is 0 Å². The Labute approximate surface area is 141 Å². The van der Waals surface area contributed by atoms with Gasteiger partial charge in [0.1, 0.15) is 0 Å². The average Bonchev–Trinajstić information content (AvgIpc) is 3.19. The lowest BCUT2D eigenvalue weighted by molar-refractivity contribution is 0.229. The Morgan fingerprint density at radius 2 is 1.96 bits per heavy atom. The highest BCUT2D eigenvalue weighted by Gasteiger charge is 2.39. The molecule has 1 heterocycles. The van der Waals surface area contributed by atoms with Crippen molar-refractivity contribution in [1.82, 2.24) is 10.1 Å². The van der Waals surface area contributed by atoms with Crippen LogP contribution in [0.15, 0.2) is 27.6 Å². The summed E-state index contributed by atoms with van der Waals surface area (Å²) in [5.41, 5.74) is 8.10. The molecule has 128 valence electrons. The summed E-state index contributed by atoms with van der Waals surface area (Å²) in [7, 11) is -3.36. The van der Waals surface area contributed by atoms with Crippen LogP contribution in [-0.4, -0.2) is 24.3 Å². The quantitative estimate of drug-likeness (QED) is 0.887. The van der Waals surface area contributed by atoms with Gasteiger partial charge in [0.2, 0.25) is 5.89 Å². The SMILES string of the molecule is NC1(c2noc(CCS(=O)(=O)c3ccc4c(c3)CCC4)n2)CCC1. The lowest BCUT2D eigenvalue weighted by Gasteiger charge is -2.34. The lowest BCUT2D eigenvalue weighted by Crippen LogP contribution is -2.44. The van der Waals surface area contributed by atoms with Gasteiger partial charge in [-0.1, -0.05) is 11.2 Å². The van der Waals surface area contributed by atoms with Gasteiger partial charge in [0.25, 0.3) is 0 Å². The van der Waals surface area contributed by atoms with Crippen LogP contribution in [0, 0.1) is 0 Å². The van der Waals surface area contributed by atoms with Crippen LogP contribution < -0.4 is 5.73 Å². The molecule has 0 atom stereocenters. The van der Waals surface area contributed by atoms with E-state index >= 15 is 0 Å². The monoisotopic (exact) mass is 347 g/mol. The fourth-order valence-electron chi connectivity index (χ4n) is 3.42. The summed E-state index contributed by atoms with van der Waals surface area (Å²) < 4.78 is 30.3. The summed E-state index contributed by atoms with van der Waals surface area (Å²) in [6.45, 7) is 0. The molecule has 0 aliphatic heterocycles. The van der Waals surface area contributed by atoms with Gasteiger partial charge >= 0.3 is 0 Å². The molecule has 4 rings (SSSR count). The van der Waals surface area contributed by atoms with E-state index < -0.39 is 15.4 Å². The molecule has 2 aromatic rings. The van der Waals surface area contributed by atoms with E-state index in [1.54, 1.807) is 6.07 Å². The third-order valence-electron chi connectivity index (χ3n) is 5.17. The van der Waals surface area contributed by atoms with Gasteiger partial charge in [-0.05, 0) is 61.8 Å². The van der Waals surface area contributed by atoms with Gasteiger partial charge in [-0.15, -0.1) is 0 Å². The molecule has 6 nitrogen and oxygen atoms in total. The molecule has 0 amide bonds. The minimum absolute atomic E-state index is 0.0367. The van der Waals surface area contributed by atoms with Crippen LogP contribution >= 0.6 is 0 Å². The topological polar surface area (TPSA) is 99.1 Å². The number of nitrogens with zero attached hydrogens (tertiary/aromatic N) is 2. The molecule has 0 spiro atoms. The first-order valence-electron chi connectivity index (χ1n) is 8.43. The van der Waals surface area contributed by atoms with Crippen LogP contribution in [0.25, 0.3) is 0 Å². The van der Waals surface area contributed by atoms with Crippen molar-refractivity contribution < 1.29 is 12.9 Å². The number of hydrogen-bond donors (Lipinski definition) is 1. The maximum absolute atomic E-state index is 12.6. The Kier molecular flexibility index (Phi) is 3.73. The highest BCUT2D eigenvalue weighted by Crippen LogP contribution is 2.36. The van der Waals surface area contributed by atoms with Crippen molar-refractivity contribution in [3.05, 3.63) is 41.0 Å². The number of rotatable bonds is 5. The zero-order valence-electron chi connectivity index (χ0n) is 13.5. The third-order valence-corrected chi connectivity index (χ3v) is 6.89. The zero-order valence-corrected chi connectivity index (χ0v) is 14.3. The largest absolute Gasteiger partial charge is 0.339 e. The van der Waals surface area contributed by atoms with Crippen LogP contribution in [0.2, 0.25) is 0 Å². The first-order valence-corrected chi connectivity index (χ1v) is 10.1. The molecular formula is C17H21N3O3S. The fourth-order valence-corrected chi connectivity index (χ4v) is 4.70. The lowest BCUT2D eigenvalue weighted by atomic mass is 9.77. The highest BCUT2D eigenvalue weighted by molar-refractivity contribution is 7.91. The van der Waals surface area contributed by atoms with Crippen molar-refractivity contribution >= 4 is 9.84 Å². The average molecular weight is 347 g/mol. The summed E-state index contributed by atoms with van der Waals surface area (Å²) >= 11 is 0. The van der Waals surface area contributed by atoms with E-state index in [0.717, 1.165) is 44.1 Å². The smallest absolute Gasteiger partial charge is 0.227 e. The molecule has 0 saturated heterocycles. The number of aryl methyl sites for hydroxylation is 3. The summed E-state index contributed by atoms with van der Waals surface area (Å²) in [5, 5.41) is 3.92. The maximum Gasteiger partial charge on any atom is 0.227 e. The number of hydrogen-bond acceptors (Lipinski definition) is 6. The van der Waals surface area contributed by atoms with E-state index in [0.29, 0.717) is 16.6 Å². The van der Waals surface area contributed by atoms with Gasteiger partial charge < -0.3 is 10.3 Å². The van der Waals surface area contributed by atoms with E-state index in [-0.39, 0.29) is 12.2 Å². The summed E-state index contributed by atoms with van der Waals surface area (Å²) in [6, 6.07) is 5.47. The van der Waals surface area contributed by atoms with Gasteiger partial charge in [0.05, 0.1) is 16.2 Å². The normalized spacial score (nSPS) is 19.0. The molecule has 0 unspecified atom stereocenters. The first kappa shape index (κ1) is 15.8. The number of aromatic nitrogens is 2. The van der Waals surface area contributed by atoms with Crippen LogP contribution in [0.1, 0.15) is 48.5 Å². The predicted molar refractivity (Wildman–Crippen MR) is 88.2 cm³/mol. The second-order valence-corrected chi connectivity index (χ2v) is 8.98. The van der Waals surface area contributed by atoms with Crippen molar-refractivity contribution in [2.45, 2.75) is 55.4 Å². The molecule has 0 radical (unpaired) electrons. The first-order chi connectivity index (χ1) is 11.5. The van der Waals surface area contributed by atoms with E-state index in [4.69, 9.17) is 10.3 Å². The molecule has 7 heteroatoms.